The highest BCUT2D eigenvalue weighted by atomic mass is 16.4. The Balaban J connectivity index is 2.52. The van der Waals surface area contributed by atoms with Gasteiger partial charge in [-0.3, -0.25) is 9.69 Å². The van der Waals surface area contributed by atoms with Gasteiger partial charge in [0.2, 0.25) is 0 Å². The van der Waals surface area contributed by atoms with Crippen LogP contribution in [0.1, 0.15) is 30.9 Å². The van der Waals surface area contributed by atoms with Crippen molar-refractivity contribution in [2.75, 3.05) is 13.6 Å². The molecular weight excluding hydrogens is 194 g/mol. The molecule has 0 saturated heterocycles. The normalized spacial score (nSPS) is 13.1. The van der Waals surface area contributed by atoms with Crippen LogP contribution in [0.25, 0.3) is 0 Å². The quantitative estimate of drug-likeness (QED) is 0.809. The summed E-state index contributed by atoms with van der Waals surface area (Å²) in [5.41, 5.74) is 0. The summed E-state index contributed by atoms with van der Waals surface area (Å²) < 4.78 is 5.48. The molecule has 1 heterocycles. The van der Waals surface area contributed by atoms with Gasteiger partial charge in [0.05, 0.1) is 12.5 Å². The van der Waals surface area contributed by atoms with E-state index in [4.69, 9.17) is 9.52 Å². The molecule has 0 radical (unpaired) electrons. The Morgan fingerprint density at radius 2 is 2.27 bits per heavy atom. The molecule has 1 atom stereocenters. The first-order valence-corrected chi connectivity index (χ1v) is 4.99. The Labute approximate surface area is 89.5 Å². The molecule has 0 aliphatic rings. The van der Waals surface area contributed by atoms with Gasteiger partial charge in [-0.1, -0.05) is 0 Å². The van der Waals surface area contributed by atoms with E-state index in [1.807, 2.05) is 37.9 Å². The van der Waals surface area contributed by atoms with Gasteiger partial charge in [0.1, 0.15) is 11.5 Å². The van der Waals surface area contributed by atoms with Gasteiger partial charge in [0, 0.05) is 6.54 Å². The molecule has 0 aliphatic heterocycles. The number of carbonyl (C=O) groups is 1. The summed E-state index contributed by atoms with van der Waals surface area (Å²) in [6.07, 6.45) is 0.153. The lowest BCUT2D eigenvalue weighted by molar-refractivity contribution is -0.137. The fraction of sp³-hybridized carbons (Fsp3) is 0.545. The molecule has 1 rings (SSSR count). The second-order valence-corrected chi connectivity index (χ2v) is 3.75. The van der Waals surface area contributed by atoms with E-state index in [2.05, 4.69) is 0 Å². The second kappa shape index (κ2) is 4.98. The van der Waals surface area contributed by atoms with E-state index >= 15 is 0 Å². The van der Waals surface area contributed by atoms with Crippen LogP contribution in [0.3, 0.4) is 0 Å². The first-order chi connectivity index (χ1) is 7.00. The van der Waals surface area contributed by atoms with Gasteiger partial charge in [0.15, 0.2) is 0 Å². The summed E-state index contributed by atoms with van der Waals surface area (Å²) in [5.74, 6) is 0.980. The Kier molecular flexibility index (Phi) is 3.91. The van der Waals surface area contributed by atoms with Crippen LogP contribution in [-0.2, 0) is 4.79 Å². The van der Waals surface area contributed by atoms with Crippen molar-refractivity contribution in [1.82, 2.24) is 4.90 Å². The Hall–Kier alpha value is -1.29. The van der Waals surface area contributed by atoms with E-state index in [9.17, 15) is 4.79 Å². The Morgan fingerprint density at radius 3 is 2.73 bits per heavy atom. The minimum Gasteiger partial charge on any atom is -0.481 e. The van der Waals surface area contributed by atoms with Crippen molar-refractivity contribution in [2.24, 2.45) is 0 Å². The Morgan fingerprint density at radius 1 is 1.60 bits per heavy atom. The zero-order valence-electron chi connectivity index (χ0n) is 9.36. The number of hydrogen-bond acceptors (Lipinski definition) is 3. The lowest BCUT2D eigenvalue weighted by Crippen LogP contribution is -2.24. The third-order valence-electron chi connectivity index (χ3n) is 2.51. The molecule has 1 N–H and O–H groups in total. The van der Waals surface area contributed by atoms with Crippen molar-refractivity contribution < 1.29 is 14.3 Å². The molecule has 1 unspecified atom stereocenters. The van der Waals surface area contributed by atoms with Crippen LogP contribution in [-0.4, -0.2) is 29.6 Å². The predicted octanol–water partition coefficient (Wildman–Crippen LogP) is 2.06. The SMILES string of the molecule is Cc1ccc(C(C)N(C)CCC(=O)O)o1. The van der Waals surface area contributed by atoms with Gasteiger partial charge in [-0.2, -0.15) is 0 Å². The number of hydrogen-bond donors (Lipinski definition) is 1. The summed E-state index contributed by atoms with van der Waals surface area (Å²) in [5, 5.41) is 8.57. The molecule has 0 amide bonds. The predicted molar refractivity (Wildman–Crippen MR) is 56.7 cm³/mol. The lowest BCUT2D eigenvalue weighted by Gasteiger charge is -2.21. The molecule has 0 saturated carbocycles. The van der Waals surface area contributed by atoms with Gasteiger partial charge in [-0.25, -0.2) is 0 Å². The maximum Gasteiger partial charge on any atom is 0.304 e. The average Bonchev–Trinajstić information content (AvgIpc) is 2.60. The summed E-state index contributed by atoms with van der Waals surface area (Å²) in [6.45, 7) is 4.42. The highest BCUT2D eigenvalue weighted by molar-refractivity contribution is 5.66. The third-order valence-corrected chi connectivity index (χ3v) is 2.51. The molecule has 0 bridgehead atoms. The molecule has 0 aliphatic carbocycles. The van der Waals surface area contributed by atoms with Crippen molar-refractivity contribution in [2.45, 2.75) is 26.3 Å². The first-order valence-electron chi connectivity index (χ1n) is 4.99. The maximum absolute atomic E-state index is 10.4. The monoisotopic (exact) mass is 211 g/mol. The fourth-order valence-electron chi connectivity index (χ4n) is 1.36. The fourth-order valence-corrected chi connectivity index (χ4v) is 1.36. The van der Waals surface area contributed by atoms with E-state index in [1.165, 1.54) is 0 Å². The highest BCUT2D eigenvalue weighted by Gasteiger charge is 2.15. The van der Waals surface area contributed by atoms with Crippen molar-refractivity contribution in [3.63, 3.8) is 0 Å². The van der Waals surface area contributed by atoms with Crippen LogP contribution in [0.5, 0.6) is 0 Å². The largest absolute Gasteiger partial charge is 0.481 e. The zero-order chi connectivity index (χ0) is 11.4. The maximum atomic E-state index is 10.4. The van der Waals surface area contributed by atoms with Crippen LogP contribution in [0.15, 0.2) is 16.5 Å². The Bertz CT molecular complexity index is 332. The average molecular weight is 211 g/mol. The van der Waals surface area contributed by atoms with Crippen molar-refractivity contribution >= 4 is 5.97 Å². The van der Waals surface area contributed by atoms with Crippen LogP contribution in [0, 0.1) is 6.92 Å². The standard InChI is InChI=1S/C11H17NO3/c1-8-4-5-10(15-8)9(2)12(3)7-6-11(13)14/h4-5,9H,6-7H2,1-3H3,(H,13,14). The summed E-state index contributed by atoms with van der Waals surface area (Å²) in [4.78, 5) is 12.4. The third kappa shape index (κ3) is 3.40. The van der Waals surface area contributed by atoms with E-state index in [0.29, 0.717) is 6.54 Å². The summed E-state index contributed by atoms with van der Waals surface area (Å²) in [6, 6.07) is 3.95. The number of carboxylic acids is 1. The van der Waals surface area contributed by atoms with Gasteiger partial charge in [-0.15, -0.1) is 0 Å². The van der Waals surface area contributed by atoms with Crippen molar-refractivity contribution in [3.8, 4) is 0 Å². The number of aliphatic carboxylic acids is 1. The van der Waals surface area contributed by atoms with E-state index in [-0.39, 0.29) is 12.5 Å². The number of nitrogens with zero attached hydrogens (tertiary/aromatic N) is 1. The van der Waals surface area contributed by atoms with Crippen LogP contribution >= 0.6 is 0 Å². The number of furan rings is 1. The molecular formula is C11H17NO3. The van der Waals surface area contributed by atoms with Crippen molar-refractivity contribution in [3.05, 3.63) is 23.7 Å². The van der Waals surface area contributed by atoms with Crippen LogP contribution in [0.4, 0.5) is 0 Å². The van der Waals surface area contributed by atoms with E-state index in [1.54, 1.807) is 0 Å². The molecule has 4 nitrogen and oxygen atoms in total. The highest BCUT2D eigenvalue weighted by Crippen LogP contribution is 2.20. The smallest absolute Gasteiger partial charge is 0.304 e. The molecule has 1 aromatic heterocycles. The number of aryl methyl sites for hydroxylation is 1. The van der Waals surface area contributed by atoms with Gasteiger partial charge >= 0.3 is 5.97 Å². The number of carboxylic acid groups (broad SMARTS) is 1. The topological polar surface area (TPSA) is 53.7 Å². The second-order valence-electron chi connectivity index (χ2n) is 3.75. The first kappa shape index (κ1) is 11.8. The molecule has 1 aromatic rings. The van der Waals surface area contributed by atoms with Gasteiger partial charge in [0.25, 0.3) is 0 Å². The molecule has 0 aromatic carbocycles. The minimum atomic E-state index is -0.773. The molecule has 0 spiro atoms. The molecule has 4 heteroatoms. The lowest BCUT2D eigenvalue weighted by atomic mass is 10.2. The summed E-state index contributed by atoms with van der Waals surface area (Å²) in [7, 11) is 1.89. The van der Waals surface area contributed by atoms with E-state index < -0.39 is 5.97 Å². The van der Waals surface area contributed by atoms with Crippen molar-refractivity contribution in [1.29, 1.82) is 0 Å². The van der Waals surface area contributed by atoms with E-state index in [0.717, 1.165) is 11.5 Å². The molecule has 15 heavy (non-hydrogen) atoms. The zero-order valence-corrected chi connectivity index (χ0v) is 9.36. The van der Waals surface area contributed by atoms with Crippen LogP contribution < -0.4 is 0 Å². The van der Waals surface area contributed by atoms with Crippen LogP contribution in [0.2, 0.25) is 0 Å². The minimum absolute atomic E-state index is 0.109. The van der Waals surface area contributed by atoms with Gasteiger partial charge in [-0.05, 0) is 33.0 Å². The summed E-state index contributed by atoms with van der Waals surface area (Å²) >= 11 is 0. The van der Waals surface area contributed by atoms with Gasteiger partial charge < -0.3 is 9.52 Å². The molecule has 0 fully saturated rings. The molecule has 84 valence electrons. The number of rotatable bonds is 5.